The summed E-state index contributed by atoms with van der Waals surface area (Å²) in [5.41, 5.74) is 0.920. The van der Waals surface area contributed by atoms with E-state index in [1.54, 1.807) is 6.20 Å². The van der Waals surface area contributed by atoms with Gasteiger partial charge in [-0.1, -0.05) is 0 Å². The summed E-state index contributed by atoms with van der Waals surface area (Å²) in [5, 5.41) is 9.66. The van der Waals surface area contributed by atoms with Gasteiger partial charge < -0.3 is 5.32 Å². The minimum atomic E-state index is -0.779. The van der Waals surface area contributed by atoms with Crippen LogP contribution in [-0.4, -0.2) is 29.5 Å². The first-order valence-electron chi connectivity index (χ1n) is 4.22. The predicted octanol–water partition coefficient (Wildman–Crippen LogP) is 0.825. The van der Waals surface area contributed by atoms with Crippen LogP contribution >= 0.6 is 0 Å². The van der Waals surface area contributed by atoms with E-state index in [9.17, 15) is 4.39 Å². The molecule has 1 aromatic rings. The largest absolute Gasteiger partial charge is 0.314 e. The van der Waals surface area contributed by atoms with Crippen LogP contribution in [0.25, 0.3) is 0 Å². The van der Waals surface area contributed by atoms with Crippen LogP contribution in [-0.2, 0) is 0 Å². The third-order valence-corrected chi connectivity index (χ3v) is 2.33. The van der Waals surface area contributed by atoms with Crippen molar-refractivity contribution in [3.8, 4) is 0 Å². The third kappa shape index (κ3) is 1.34. The van der Waals surface area contributed by atoms with Crippen molar-refractivity contribution in [2.24, 2.45) is 0 Å². The zero-order valence-electron chi connectivity index (χ0n) is 6.76. The zero-order valence-corrected chi connectivity index (χ0v) is 6.76. The van der Waals surface area contributed by atoms with E-state index in [1.807, 2.05) is 6.07 Å². The summed E-state index contributed by atoms with van der Waals surface area (Å²) in [6.45, 7) is 1.35. The minimum absolute atomic E-state index is 0.00810. The molecule has 1 saturated heterocycles. The standard InChI is InChI=1S/C8H12FN3/c9-7-5-10-3-1-6(7)8-2-4-11-12-8/h2,4,6-7,10H,1,3,5H2,(H,11,12)/t6-,7+/m0/s1. The van der Waals surface area contributed by atoms with Crippen LogP contribution in [0.2, 0.25) is 0 Å². The number of halogens is 1. The Morgan fingerprint density at radius 3 is 3.17 bits per heavy atom. The molecular weight excluding hydrogens is 157 g/mol. The molecule has 0 aliphatic carbocycles. The summed E-state index contributed by atoms with van der Waals surface area (Å²) in [7, 11) is 0. The normalized spacial score (nSPS) is 30.4. The van der Waals surface area contributed by atoms with E-state index in [4.69, 9.17) is 0 Å². The summed E-state index contributed by atoms with van der Waals surface area (Å²) < 4.78 is 13.3. The number of aromatic amines is 1. The van der Waals surface area contributed by atoms with Gasteiger partial charge in [0.2, 0.25) is 0 Å². The number of rotatable bonds is 1. The van der Waals surface area contributed by atoms with Crippen LogP contribution < -0.4 is 5.32 Å². The average molecular weight is 169 g/mol. The Bertz CT molecular complexity index is 234. The summed E-state index contributed by atoms with van der Waals surface area (Å²) in [6, 6.07) is 1.85. The molecule has 66 valence electrons. The molecule has 2 atom stereocenters. The Labute approximate surface area is 70.4 Å². The van der Waals surface area contributed by atoms with Gasteiger partial charge in [0.1, 0.15) is 6.17 Å². The van der Waals surface area contributed by atoms with Crippen molar-refractivity contribution in [2.45, 2.75) is 18.5 Å². The summed E-state index contributed by atoms with van der Waals surface area (Å²) >= 11 is 0. The number of nitrogens with one attached hydrogen (secondary N) is 2. The van der Waals surface area contributed by atoms with Crippen LogP contribution in [0.5, 0.6) is 0 Å². The van der Waals surface area contributed by atoms with Crippen LogP contribution in [0.15, 0.2) is 12.3 Å². The molecule has 1 aromatic heterocycles. The zero-order chi connectivity index (χ0) is 8.39. The van der Waals surface area contributed by atoms with E-state index >= 15 is 0 Å². The Hall–Kier alpha value is -0.900. The van der Waals surface area contributed by atoms with Gasteiger partial charge in [-0.3, -0.25) is 5.10 Å². The van der Waals surface area contributed by atoms with Gasteiger partial charge in [-0.2, -0.15) is 5.10 Å². The molecule has 0 aromatic carbocycles. The van der Waals surface area contributed by atoms with Crippen molar-refractivity contribution in [2.75, 3.05) is 13.1 Å². The summed E-state index contributed by atoms with van der Waals surface area (Å²) in [5.74, 6) is 0.00810. The monoisotopic (exact) mass is 169 g/mol. The third-order valence-electron chi connectivity index (χ3n) is 2.33. The summed E-state index contributed by atoms with van der Waals surface area (Å²) in [6.07, 6.45) is 1.74. The maximum Gasteiger partial charge on any atom is 0.121 e. The van der Waals surface area contributed by atoms with Crippen LogP contribution in [0.1, 0.15) is 18.0 Å². The highest BCUT2D eigenvalue weighted by Gasteiger charge is 2.26. The van der Waals surface area contributed by atoms with Crippen molar-refractivity contribution in [1.82, 2.24) is 15.5 Å². The Morgan fingerprint density at radius 1 is 1.58 bits per heavy atom. The molecule has 0 saturated carbocycles. The van der Waals surface area contributed by atoms with E-state index in [2.05, 4.69) is 15.5 Å². The highest BCUT2D eigenvalue weighted by Crippen LogP contribution is 2.25. The molecule has 3 nitrogen and oxygen atoms in total. The van der Waals surface area contributed by atoms with Gasteiger partial charge in [-0.05, 0) is 19.0 Å². The molecule has 2 rings (SSSR count). The molecule has 12 heavy (non-hydrogen) atoms. The Morgan fingerprint density at radius 2 is 2.50 bits per heavy atom. The molecule has 1 aliphatic rings. The van der Waals surface area contributed by atoms with Gasteiger partial charge in [0.25, 0.3) is 0 Å². The predicted molar refractivity (Wildman–Crippen MR) is 43.7 cm³/mol. The maximum absolute atomic E-state index is 13.3. The summed E-state index contributed by atoms with van der Waals surface area (Å²) in [4.78, 5) is 0. The molecule has 1 fully saturated rings. The van der Waals surface area contributed by atoms with E-state index < -0.39 is 6.17 Å². The lowest BCUT2D eigenvalue weighted by molar-refractivity contribution is 0.228. The topological polar surface area (TPSA) is 40.7 Å². The molecule has 0 bridgehead atoms. The van der Waals surface area contributed by atoms with E-state index in [1.165, 1.54) is 0 Å². The number of nitrogens with zero attached hydrogens (tertiary/aromatic N) is 1. The molecular formula is C8H12FN3. The second-order valence-corrected chi connectivity index (χ2v) is 3.13. The molecule has 0 amide bonds. The van der Waals surface area contributed by atoms with E-state index in [0.29, 0.717) is 6.54 Å². The van der Waals surface area contributed by atoms with E-state index in [-0.39, 0.29) is 5.92 Å². The van der Waals surface area contributed by atoms with Gasteiger partial charge in [0.15, 0.2) is 0 Å². The fraction of sp³-hybridized carbons (Fsp3) is 0.625. The lowest BCUT2D eigenvalue weighted by Gasteiger charge is -2.25. The molecule has 4 heteroatoms. The number of aromatic nitrogens is 2. The SMILES string of the molecule is F[C@@H]1CNCC[C@@H]1c1ccn[nH]1. The van der Waals surface area contributed by atoms with E-state index in [0.717, 1.165) is 18.7 Å². The van der Waals surface area contributed by atoms with Crippen LogP contribution in [0.4, 0.5) is 4.39 Å². The lowest BCUT2D eigenvalue weighted by atomic mass is 9.93. The second kappa shape index (κ2) is 3.23. The van der Waals surface area contributed by atoms with Crippen LogP contribution in [0, 0.1) is 0 Å². The van der Waals surface area contributed by atoms with Gasteiger partial charge in [-0.25, -0.2) is 4.39 Å². The first-order chi connectivity index (χ1) is 5.88. The number of hydrogen-bond donors (Lipinski definition) is 2. The highest BCUT2D eigenvalue weighted by atomic mass is 19.1. The van der Waals surface area contributed by atoms with Gasteiger partial charge in [0, 0.05) is 24.4 Å². The molecule has 2 heterocycles. The molecule has 0 unspecified atom stereocenters. The Balaban J connectivity index is 2.11. The maximum atomic E-state index is 13.3. The van der Waals surface area contributed by atoms with Crippen molar-refractivity contribution >= 4 is 0 Å². The van der Waals surface area contributed by atoms with Gasteiger partial charge in [0.05, 0.1) is 0 Å². The van der Waals surface area contributed by atoms with Gasteiger partial charge in [-0.15, -0.1) is 0 Å². The van der Waals surface area contributed by atoms with Crippen LogP contribution in [0.3, 0.4) is 0 Å². The fourth-order valence-corrected chi connectivity index (χ4v) is 1.64. The quantitative estimate of drug-likeness (QED) is 0.653. The fourth-order valence-electron chi connectivity index (χ4n) is 1.64. The first kappa shape index (κ1) is 7.73. The lowest BCUT2D eigenvalue weighted by Crippen LogP contribution is -2.36. The number of H-pyrrole nitrogens is 1. The number of hydrogen-bond acceptors (Lipinski definition) is 2. The Kier molecular flexibility index (Phi) is 2.08. The smallest absolute Gasteiger partial charge is 0.121 e. The highest BCUT2D eigenvalue weighted by molar-refractivity contribution is 5.09. The minimum Gasteiger partial charge on any atom is -0.314 e. The van der Waals surface area contributed by atoms with Crippen molar-refractivity contribution < 1.29 is 4.39 Å². The van der Waals surface area contributed by atoms with Crippen molar-refractivity contribution in [1.29, 1.82) is 0 Å². The number of piperidine rings is 1. The van der Waals surface area contributed by atoms with Crippen molar-refractivity contribution in [3.63, 3.8) is 0 Å². The number of alkyl halides is 1. The van der Waals surface area contributed by atoms with Crippen molar-refractivity contribution in [3.05, 3.63) is 18.0 Å². The first-order valence-corrected chi connectivity index (χ1v) is 4.22. The second-order valence-electron chi connectivity index (χ2n) is 3.13. The van der Waals surface area contributed by atoms with Gasteiger partial charge >= 0.3 is 0 Å². The molecule has 2 N–H and O–H groups in total. The molecule has 0 spiro atoms. The average Bonchev–Trinajstić information content (AvgIpc) is 2.57. The molecule has 1 aliphatic heterocycles. The molecule has 0 radical (unpaired) electrons.